The number of benzene rings is 1. The monoisotopic (exact) mass is 247 g/mol. The molecule has 96 valence electrons. The molecule has 1 unspecified atom stereocenters. The summed E-state index contributed by atoms with van der Waals surface area (Å²) in [6.07, 6.45) is 0.241. The molecular formula is C13H17N3O2. The van der Waals surface area contributed by atoms with Gasteiger partial charge in [0.05, 0.1) is 17.6 Å². The zero-order valence-electron chi connectivity index (χ0n) is 10.6. The average molecular weight is 247 g/mol. The smallest absolute Gasteiger partial charge is 0.199 e. The van der Waals surface area contributed by atoms with Gasteiger partial charge in [0.2, 0.25) is 0 Å². The van der Waals surface area contributed by atoms with Gasteiger partial charge in [-0.2, -0.15) is 0 Å². The van der Waals surface area contributed by atoms with Crippen LogP contribution in [0.5, 0.6) is 0 Å². The molecule has 1 atom stereocenters. The van der Waals surface area contributed by atoms with E-state index in [4.69, 9.17) is 10.5 Å². The van der Waals surface area contributed by atoms with Gasteiger partial charge in [-0.3, -0.25) is 4.79 Å². The summed E-state index contributed by atoms with van der Waals surface area (Å²) in [6.45, 7) is 0.371. The van der Waals surface area contributed by atoms with E-state index in [2.05, 4.69) is 4.98 Å². The maximum absolute atomic E-state index is 12.1. The number of Topliss-reactive ketones (excluding diaryl/α,β-unsaturated/α-hetero) is 1. The Bertz CT molecular complexity index is 562. The van der Waals surface area contributed by atoms with Crippen LogP contribution >= 0.6 is 0 Å². The summed E-state index contributed by atoms with van der Waals surface area (Å²) in [5.41, 5.74) is 7.55. The summed E-state index contributed by atoms with van der Waals surface area (Å²) in [4.78, 5) is 16.4. The first-order chi connectivity index (χ1) is 8.63. The largest absolute Gasteiger partial charge is 0.383 e. The molecule has 0 fully saturated rings. The molecule has 0 saturated carbocycles. The summed E-state index contributed by atoms with van der Waals surface area (Å²) in [7, 11) is 3.41. The number of aromatic nitrogens is 2. The van der Waals surface area contributed by atoms with Gasteiger partial charge in [0.25, 0.3) is 0 Å². The van der Waals surface area contributed by atoms with Crippen molar-refractivity contribution in [2.45, 2.75) is 12.5 Å². The summed E-state index contributed by atoms with van der Waals surface area (Å²) in [5, 5.41) is 0. The van der Waals surface area contributed by atoms with Crippen LogP contribution in [0.4, 0.5) is 0 Å². The van der Waals surface area contributed by atoms with E-state index in [0.29, 0.717) is 12.4 Å². The van der Waals surface area contributed by atoms with E-state index in [-0.39, 0.29) is 18.2 Å². The number of ether oxygens (including phenoxy) is 1. The minimum Gasteiger partial charge on any atom is -0.383 e. The molecule has 2 rings (SSSR count). The highest BCUT2D eigenvalue weighted by molar-refractivity contribution is 5.96. The van der Waals surface area contributed by atoms with Crippen LogP contribution in [-0.4, -0.2) is 35.1 Å². The Morgan fingerprint density at radius 2 is 2.22 bits per heavy atom. The standard InChI is InChI=1S/C13H17N3O2/c1-16-11-6-4-3-5-10(11)15-13(16)12(17)7-9(14)8-18-2/h3-6,9H,7-8,14H2,1-2H3. The van der Waals surface area contributed by atoms with E-state index in [1.165, 1.54) is 0 Å². The molecule has 0 aliphatic carbocycles. The van der Waals surface area contributed by atoms with Gasteiger partial charge in [-0.25, -0.2) is 4.98 Å². The van der Waals surface area contributed by atoms with Crippen LogP contribution in [0.25, 0.3) is 11.0 Å². The van der Waals surface area contributed by atoms with Gasteiger partial charge in [0, 0.05) is 26.6 Å². The topological polar surface area (TPSA) is 70.1 Å². The first-order valence-corrected chi connectivity index (χ1v) is 5.82. The second kappa shape index (κ2) is 5.29. The van der Waals surface area contributed by atoms with Crippen molar-refractivity contribution in [3.63, 3.8) is 0 Å². The molecule has 0 aliphatic rings. The summed E-state index contributed by atoms with van der Waals surface area (Å²) >= 11 is 0. The van der Waals surface area contributed by atoms with Gasteiger partial charge < -0.3 is 15.0 Å². The Labute approximate surface area is 106 Å². The number of fused-ring (bicyclic) bond motifs is 1. The fourth-order valence-corrected chi connectivity index (χ4v) is 2.00. The molecule has 18 heavy (non-hydrogen) atoms. The van der Waals surface area contributed by atoms with Gasteiger partial charge in [0.15, 0.2) is 11.6 Å². The molecule has 1 heterocycles. The molecule has 0 saturated heterocycles. The molecule has 2 N–H and O–H groups in total. The minimum absolute atomic E-state index is 0.0572. The number of ketones is 1. The van der Waals surface area contributed by atoms with Crippen LogP contribution in [0.15, 0.2) is 24.3 Å². The third-order valence-corrected chi connectivity index (χ3v) is 2.86. The quantitative estimate of drug-likeness (QED) is 0.804. The van der Waals surface area contributed by atoms with Crippen molar-refractivity contribution in [3.8, 4) is 0 Å². The van der Waals surface area contributed by atoms with Gasteiger partial charge in [0.1, 0.15) is 0 Å². The fraction of sp³-hybridized carbons (Fsp3) is 0.385. The number of methoxy groups -OCH3 is 1. The molecule has 5 nitrogen and oxygen atoms in total. The van der Waals surface area contributed by atoms with Crippen molar-refractivity contribution in [1.82, 2.24) is 9.55 Å². The lowest BCUT2D eigenvalue weighted by Crippen LogP contribution is -2.29. The Kier molecular flexibility index (Phi) is 3.74. The Morgan fingerprint density at radius 3 is 2.89 bits per heavy atom. The molecule has 0 aliphatic heterocycles. The predicted octanol–water partition coefficient (Wildman–Crippen LogP) is 1.12. The van der Waals surface area contributed by atoms with E-state index in [1.54, 1.807) is 11.7 Å². The Morgan fingerprint density at radius 1 is 1.50 bits per heavy atom. The second-order valence-electron chi connectivity index (χ2n) is 4.33. The van der Waals surface area contributed by atoms with Crippen LogP contribution in [0.2, 0.25) is 0 Å². The van der Waals surface area contributed by atoms with Crippen LogP contribution in [0, 0.1) is 0 Å². The molecule has 2 aromatic rings. The molecule has 0 spiro atoms. The fourth-order valence-electron chi connectivity index (χ4n) is 2.00. The SMILES string of the molecule is COCC(N)CC(=O)c1nc2ccccc2n1C. The lowest BCUT2D eigenvalue weighted by atomic mass is 10.1. The van der Waals surface area contributed by atoms with E-state index in [1.807, 2.05) is 31.3 Å². The van der Waals surface area contributed by atoms with E-state index in [0.717, 1.165) is 11.0 Å². The van der Waals surface area contributed by atoms with Crippen molar-refractivity contribution < 1.29 is 9.53 Å². The minimum atomic E-state index is -0.290. The van der Waals surface area contributed by atoms with E-state index >= 15 is 0 Å². The zero-order chi connectivity index (χ0) is 13.1. The van der Waals surface area contributed by atoms with Crippen molar-refractivity contribution >= 4 is 16.8 Å². The zero-order valence-corrected chi connectivity index (χ0v) is 10.6. The molecule has 1 aromatic carbocycles. The molecule has 0 bridgehead atoms. The first-order valence-electron chi connectivity index (χ1n) is 5.82. The lowest BCUT2D eigenvalue weighted by molar-refractivity contribution is 0.0937. The number of imidazole rings is 1. The van der Waals surface area contributed by atoms with Gasteiger partial charge >= 0.3 is 0 Å². The highest BCUT2D eigenvalue weighted by Gasteiger charge is 2.17. The van der Waals surface area contributed by atoms with Crippen LogP contribution in [-0.2, 0) is 11.8 Å². The number of para-hydroxylation sites is 2. The van der Waals surface area contributed by atoms with Gasteiger partial charge in [-0.05, 0) is 12.1 Å². The van der Waals surface area contributed by atoms with Gasteiger partial charge in [-0.15, -0.1) is 0 Å². The molecule has 5 heteroatoms. The number of carbonyl (C=O) groups excluding carboxylic acids is 1. The number of aryl methyl sites for hydroxylation is 1. The van der Waals surface area contributed by atoms with Crippen molar-refractivity contribution in [2.24, 2.45) is 12.8 Å². The number of hydrogen-bond acceptors (Lipinski definition) is 4. The van der Waals surface area contributed by atoms with E-state index < -0.39 is 0 Å². The summed E-state index contributed by atoms with van der Waals surface area (Å²) < 4.78 is 6.73. The third-order valence-electron chi connectivity index (χ3n) is 2.86. The Hall–Kier alpha value is -1.72. The van der Waals surface area contributed by atoms with Crippen molar-refractivity contribution in [3.05, 3.63) is 30.1 Å². The highest BCUT2D eigenvalue weighted by atomic mass is 16.5. The van der Waals surface area contributed by atoms with Crippen LogP contribution in [0.1, 0.15) is 17.0 Å². The summed E-state index contributed by atoms with van der Waals surface area (Å²) in [6, 6.07) is 7.37. The van der Waals surface area contributed by atoms with Crippen molar-refractivity contribution in [2.75, 3.05) is 13.7 Å². The van der Waals surface area contributed by atoms with E-state index in [9.17, 15) is 4.79 Å². The maximum Gasteiger partial charge on any atom is 0.199 e. The number of nitrogens with zero attached hydrogens (tertiary/aromatic N) is 2. The third kappa shape index (κ3) is 2.42. The van der Waals surface area contributed by atoms with Crippen molar-refractivity contribution in [1.29, 1.82) is 0 Å². The average Bonchev–Trinajstić information content (AvgIpc) is 2.68. The maximum atomic E-state index is 12.1. The number of nitrogens with two attached hydrogens (primary N) is 1. The number of hydrogen-bond donors (Lipinski definition) is 1. The highest BCUT2D eigenvalue weighted by Crippen LogP contribution is 2.15. The Balaban J connectivity index is 2.25. The van der Waals surface area contributed by atoms with Gasteiger partial charge in [-0.1, -0.05) is 12.1 Å². The van der Waals surface area contributed by atoms with Crippen LogP contribution in [0.3, 0.4) is 0 Å². The summed E-state index contributed by atoms with van der Waals surface area (Å²) in [5.74, 6) is 0.390. The molecule has 0 amide bonds. The normalized spacial score (nSPS) is 12.8. The lowest BCUT2D eigenvalue weighted by Gasteiger charge is -2.08. The molecule has 1 aromatic heterocycles. The first kappa shape index (κ1) is 12.7. The predicted molar refractivity (Wildman–Crippen MR) is 69.5 cm³/mol. The number of carbonyl (C=O) groups is 1. The molecule has 0 radical (unpaired) electrons. The second-order valence-corrected chi connectivity index (χ2v) is 4.33. The number of rotatable bonds is 5. The van der Waals surface area contributed by atoms with Crippen LogP contribution < -0.4 is 5.73 Å². The molecular weight excluding hydrogens is 230 g/mol.